The van der Waals surface area contributed by atoms with Gasteiger partial charge in [-0.3, -0.25) is 0 Å². The zero-order chi connectivity index (χ0) is 16.0. The molecule has 0 aromatic heterocycles. The monoisotopic (exact) mass is 308 g/mol. The van der Waals surface area contributed by atoms with E-state index in [1.54, 1.807) is 0 Å². The number of amidine groups is 1. The van der Waals surface area contributed by atoms with Crippen LogP contribution in [-0.4, -0.2) is 5.84 Å². The quantitative estimate of drug-likeness (QED) is 0.519. The molecule has 0 heterocycles. The standard InChI is InChI=1S/C16H15F3N2O/c17-16(18,19)14-8-6-13(7-9-14)11-22-21-15(20)10-12-4-2-1-3-5-12/h1-9H,10-11H2,(H2,20,21). The Balaban J connectivity index is 1.86. The summed E-state index contributed by atoms with van der Waals surface area (Å²) in [5.74, 6) is 0.304. The van der Waals surface area contributed by atoms with E-state index in [1.165, 1.54) is 12.1 Å². The molecule has 2 N–H and O–H groups in total. The molecule has 0 unspecified atom stereocenters. The number of rotatable bonds is 5. The van der Waals surface area contributed by atoms with Gasteiger partial charge in [0.1, 0.15) is 12.4 Å². The van der Waals surface area contributed by atoms with Crippen molar-refractivity contribution >= 4 is 5.84 Å². The molecule has 2 rings (SSSR count). The molecular weight excluding hydrogens is 293 g/mol. The van der Waals surface area contributed by atoms with Gasteiger partial charge >= 0.3 is 6.18 Å². The predicted octanol–water partition coefficient (Wildman–Crippen LogP) is 3.74. The van der Waals surface area contributed by atoms with Crippen LogP contribution in [0.2, 0.25) is 0 Å². The van der Waals surface area contributed by atoms with Crippen LogP contribution in [0.15, 0.2) is 59.8 Å². The van der Waals surface area contributed by atoms with Crippen molar-refractivity contribution in [2.24, 2.45) is 10.9 Å². The third kappa shape index (κ3) is 4.80. The summed E-state index contributed by atoms with van der Waals surface area (Å²) in [7, 11) is 0. The summed E-state index contributed by atoms with van der Waals surface area (Å²) in [6.45, 7) is 0.0631. The molecule has 2 aromatic rings. The highest BCUT2D eigenvalue weighted by Crippen LogP contribution is 2.29. The minimum Gasteiger partial charge on any atom is -0.390 e. The molecule has 3 nitrogen and oxygen atoms in total. The van der Waals surface area contributed by atoms with Crippen molar-refractivity contribution in [2.45, 2.75) is 19.2 Å². The number of hydrogen-bond acceptors (Lipinski definition) is 2. The second-order valence-corrected chi connectivity index (χ2v) is 4.71. The Kier molecular flexibility index (Phi) is 5.04. The smallest absolute Gasteiger partial charge is 0.390 e. The fraction of sp³-hybridized carbons (Fsp3) is 0.188. The summed E-state index contributed by atoms with van der Waals surface area (Å²) in [5.41, 5.74) is 6.62. The molecule has 0 fully saturated rings. The average Bonchev–Trinajstić information content (AvgIpc) is 2.48. The van der Waals surface area contributed by atoms with Gasteiger partial charge in [0.05, 0.1) is 5.56 Å². The van der Waals surface area contributed by atoms with Gasteiger partial charge in [-0.05, 0) is 23.3 Å². The molecule has 2 aromatic carbocycles. The van der Waals surface area contributed by atoms with Crippen LogP contribution in [-0.2, 0) is 24.0 Å². The molecule has 0 bridgehead atoms. The van der Waals surface area contributed by atoms with Crippen molar-refractivity contribution in [3.63, 3.8) is 0 Å². The van der Waals surface area contributed by atoms with Crippen molar-refractivity contribution in [3.8, 4) is 0 Å². The van der Waals surface area contributed by atoms with E-state index < -0.39 is 11.7 Å². The molecule has 0 saturated carbocycles. The minimum absolute atomic E-state index is 0.0631. The lowest BCUT2D eigenvalue weighted by molar-refractivity contribution is -0.137. The molecule has 0 radical (unpaired) electrons. The molecular formula is C16H15F3N2O. The number of benzene rings is 2. The SMILES string of the molecule is N/C(Cc1ccccc1)=N\OCc1ccc(C(F)(F)F)cc1. The first kappa shape index (κ1) is 15.9. The lowest BCUT2D eigenvalue weighted by Crippen LogP contribution is -2.15. The van der Waals surface area contributed by atoms with Crippen LogP contribution in [0.5, 0.6) is 0 Å². The molecule has 0 saturated heterocycles. The molecule has 0 aliphatic carbocycles. The number of nitrogens with two attached hydrogens (primary N) is 1. The van der Waals surface area contributed by atoms with E-state index in [1.807, 2.05) is 30.3 Å². The zero-order valence-corrected chi connectivity index (χ0v) is 11.7. The van der Waals surface area contributed by atoms with Crippen LogP contribution in [0.4, 0.5) is 13.2 Å². The molecule has 22 heavy (non-hydrogen) atoms. The summed E-state index contributed by atoms with van der Waals surface area (Å²) < 4.78 is 37.2. The summed E-state index contributed by atoms with van der Waals surface area (Å²) in [6, 6.07) is 14.2. The predicted molar refractivity (Wildman–Crippen MR) is 78.0 cm³/mol. The van der Waals surface area contributed by atoms with Crippen molar-refractivity contribution in [3.05, 3.63) is 71.3 Å². The second kappa shape index (κ2) is 6.98. The highest BCUT2D eigenvalue weighted by atomic mass is 19.4. The van der Waals surface area contributed by atoms with Gasteiger partial charge in [-0.2, -0.15) is 13.2 Å². The lowest BCUT2D eigenvalue weighted by atomic mass is 10.1. The van der Waals surface area contributed by atoms with E-state index in [4.69, 9.17) is 10.6 Å². The fourth-order valence-electron chi connectivity index (χ4n) is 1.82. The fourth-order valence-corrected chi connectivity index (χ4v) is 1.82. The number of nitrogens with zero attached hydrogens (tertiary/aromatic N) is 1. The topological polar surface area (TPSA) is 47.6 Å². The summed E-state index contributed by atoms with van der Waals surface area (Å²) in [5, 5.41) is 3.76. The van der Waals surface area contributed by atoms with Crippen molar-refractivity contribution in [2.75, 3.05) is 0 Å². The lowest BCUT2D eigenvalue weighted by Gasteiger charge is -2.07. The summed E-state index contributed by atoms with van der Waals surface area (Å²) >= 11 is 0. The van der Waals surface area contributed by atoms with Gasteiger partial charge in [-0.15, -0.1) is 0 Å². The van der Waals surface area contributed by atoms with Gasteiger partial charge in [0.15, 0.2) is 0 Å². The Morgan fingerprint density at radius 2 is 1.59 bits per heavy atom. The van der Waals surface area contributed by atoms with Crippen LogP contribution < -0.4 is 5.73 Å². The van der Waals surface area contributed by atoms with Crippen molar-refractivity contribution in [1.82, 2.24) is 0 Å². The first-order valence-corrected chi connectivity index (χ1v) is 6.59. The van der Waals surface area contributed by atoms with E-state index in [2.05, 4.69) is 5.16 Å². The Morgan fingerprint density at radius 1 is 0.955 bits per heavy atom. The number of alkyl halides is 3. The van der Waals surface area contributed by atoms with E-state index in [-0.39, 0.29) is 6.61 Å². The number of halogens is 3. The average molecular weight is 308 g/mol. The molecule has 116 valence electrons. The molecule has 0 aliphatic rings. The highest BCUT2D eigenvalue weighted by Gasteiger charge is 2.29. The van der Waals surface area contributed by atoms with Crippen LogP contribution in [0, 0.1) is 0 Å². The van der Waals surface area contributed by atoms with E-state index >= 15 is 0 Å². The van der Waals surface area contributed by atoms with Crippen molar-refractivity contribution in [1.29, 1.82) is 0 Å². The first-order chi connectivity index (χ1) is 10.4. The van der Waals surface area contributed by atoms with Crippen LogP contribution in [0.25, 0.3) is 0 Å². The maximum absolute atomic E-state index is 12.4. The Bertz CT molecular complexity index is 622. The van der Waals surface area contributed by atoms with Crippen molar-refractivity contribution < 1.29 is 18.0 Å². The van der Waals surface area contributed by atoms with E-state index in [0.717, 1.165) is 17.7 Å². The van der Waals surface area contributed by atoms with Gasteiger partial charge in [0.2, 0.25) is 0 Å². The highest BCUT2D eigenvalue weighted by molar-refractivity contribution is 5.82. The molecule has 6 heteroatoms. The molecule has 0 atom stereocenters. The van der Waals surface area contributed by atoms with Gasteiger partial charge < -0.3 is 10.6 Å². The third-order valence-electron chi connectivity index (χ3n) is 2.92. The third-order valence-corrected chi connectivity index (χ3v) is 2.92. The summed E-state index contributed by atoms with van der Waals surface area (Å²) in [4.78, 5) is 5.06. The van der Waals surface area contributed by atoms with E-state index in [9.17, 15) is 13.2 Å². The number of oxime groups is 1. The largest absolute Gasteiger partial charge is 0.416 e. The molecule has 0 spiro atoms. The maximum atomic E-state index is 12.4. The van der Waals surface area contributed by atoms with Gasteiger partial charge in [-0.25, -0.2) is 0 Å². The number of hydrogen-bond donors (Lipinski definition) is 1. The first-order valence-electron chi connectivity index (χ1n) is 6.59. The van der Waals surface area contributed by atoms with Crippen LogP contribution >= 0.6 is 0 Å². The Morgan fingerprint density at radius 3 is 2.18 bits per heavy atom. The molecule has 0 aliphatic heterocycles. The van der Waals surface area contributed by atoms with Crippen LogP contribution in [0.1, 0.15) is 16.7 Å². The maximum Gasteiger partial charge on any atom is 0.416 e. The van der Waals surface area contributed by atoms with Gasteiger partial charge in [-0.1, -0.05) is 47.6 Å². The van der Waals surface area contributed by atoms with Gasteiger partial charge in [0.25, 0.3) is 0 Å². The Labute approximate surface area is 126 Å². The normalized spacial score (nSPS) is 12.2. The summed E-state index contributed by atoms with van der Waals surface area (Å²) in [6.07, 6.45) is -3.88. The molecule has 0 amide bonds. The minimum atomic E-state index is -4.34. The zero-order valence-electron chi connectivity index (χ0n) is 11.7. The van der Waals surface area contributed by atoms with Gasteiger partial charge in [0, 0.05) is 6.42 Å². The Hall–Kier alpha value is -2.50. The van der Waals surface area contributed by atoms with E-state index in [0.29, 0.717) is 17.8 Å². The second-order valence-electron chi connectivity index (χ2n) is 4.71. The van der Waals surface area contributed by atoms with Crippen LogP contribution in [0.3, 0.4) is 0 Å².